The SMILES string of the molecule is Cc1ccc(Cn2cnc(NC(=S)NCc3ccc(F)cc3)n2)cc1. The molecule has 0 fully saturated rings. The van der Waals surface area contributed by atoms with Gasteiger partial charge in [0.05, 0.1) is 6.54 Å². The second-order valence-electron chi connectivity index (χ2n) is 5.69. The smallest absolute Gasteiger partial charge is 0.248 e. The van der Waals surface area contributed by atoms with Gasteiger partial charge in [-0.2, -0.15) is 0 Å². The predicted octanol–water partition coefficient (Wildman–Crippen LogP) is 3.26. The molecule has 25 heavy (non-hydrogen) atoms. The first-order valence-electron chi connectivity index (χ1n) is 7.83. The number of hydrogen-bond donors (Lipinski definition) is 2. The van der Waals surface area contributed by atoms with E-state index in [0.29, 0.717) is 24.2 Å². The first kappa shape index (κ1) is 17.0. The molecule has 0 saturated carbocycles. The third kappa shape index (κ3) is 5.09. The van der Waals surface area contributed by atoms with Crippen LogP contribution in [0.25, 0.3) is 0 Å². The molecule has 128 valence electrons. The molecule has 0 radical (unpaired) electrons. The fourth-order valence-corrected chi connectivity index (χ4v) is 2.40. The van der Waals surface area contributed by atoms with Crippen LogP contribution in [-0.2, 0) is 13.1 Å². The highest BCUT2D eigenvalue weighted by atomic mass is 32.1. The van der Waals surface area contributed by atoms with Crippen molar-refractivity contribution in [2.75, 3.05) is 5.32 Å². The maximum Gasteiger partial charge on any atom is 0.248 e. The van der Waals surface area contributed by atoms with Gasteiger partial charge < -0.3 is 5.32 Å². The average molecular weight is 355 g/mol. The normalized spacial score (nSPS) is 10.5. The van der Waals surface area contributed by atoms with Crippen molar-refractivity contribution in [2.45, 2.75) is 20.0 Å². The lowest BCUT2D eigenvalue weighted by molar-refractivity contribution is 0.627. The number of nitrogens with zero attached hydrogens (tertiary/aromatic N) is 3. The van der Waals surface area contributed by atoms with Crippen LogP contribution in [0.2, 0.25) is 0 Å². The number of benzene rings is 2. The number of rotatable bonds is 5. The van der Waals surface area contributed by atoms with Crippen LogP contribution in [0.3, 0.4) is 0 Å². The zero-order valence-corrected chi connectivity index (χ0v) is 14.6. The number of anilines is 1. The molecule has 0 saturated heterocycles. The first-order chi connectivity index (χ1) is 12.1. The van der Waals surface area contributed by atoms with Crippen LogP contribution in [0.1, 0.15) is 16.7 Å². The van der Waals surface area contributed by atoms with E-state index >= 15 is 0 Å². The van der Waals surface area contributed by atoms with E-state index in [2.05, 4.69) is 51.9 Å². The molecule has 0 aliphatic carbocycles. The fourth-order valence-electron chi connectivity index (χ4n) is 2.24. The van der Waals surface area contributed by atoms with Gasteiger partial charge in [0, 0.05) is 6.54 Å². The van der Waals surface area contributed by atoms with Crippen molar-refractivity contribution >= 4 is 23.3 Å². The summed E-state index contributed by atoms with van der Waals surface area (Å²) < 4.78 is 14.6. The Hall–Kier alpha value is -2.80. The van der Waals surface area contributed by atoms with Crippen molar-refractivity contribution in [1.29, 1.82) is 0 Å². The molecular weight excluding hydrogens is 337 g/mol. The minimum atomic E-state index is -0.257. The van der Waals surface area contributed by atoms with E-state index in [1.54, 1.807) is 23.1 Å². The van der Waals surface area contributed by atoms with E-state index in [4.69, 9.17) is 12.2 Å². The Bertz CT molecular complexity index is 843. The highest BCUT2D eigenvalue weighted by molar-refractivity contribution is 7.80. The van der Waals surface area contributed by atoms with Crippen LogP contribution in [0.5, 0.6) is 0 Å². The van der Waals surface area contributed by atoms with Gasteiger partial charge in [0.25, 0.3) is 0 Å². The lowest BCUT2D eigenvalue weighted by atomic mass is 10.1. The second kappa shape index (κ2) is 7.85. The Morgan fingerprint density at radius 2 is 1.76 bits per heavy atom. The van der Waals surface area contributed by atoms with E-state index in [1.165, 1.54) is 17.7 Å². The summed E-state index contributed by atoms with van der Waals surface area (Å²) in [4.78, 5) is 4.20. The Balaban J connectivity index is 1.51. The second-order valence-corrected chi connectivity index (χ2v) is 6.09. The summed E-state index contributed by atoms with van der Waals surface area (Å²) in [5.41, 5.74) is 3.31. The van der Waals surface area contributed by atoms with Gasteiger partial charge in [-0.05, 0) is 42.4 Å². The molecule has 0 spiro atoms. The summed E-state index contributed by atoms with van der Waals surface area (Å²) in [6, 6.07) is 14.5. The molecule has 1 aromatic heterocycles. The molecule has 0 amide bonds. The monoisotopic (exact) mass is 355 g/mol. The van der Waals surface area contributed by atoms with Gasteiger partial charge in [-0.3, -0.25) is 5.32 Å². The molecule has 1 heterocycles. The molecule has 7 heteroatoms. The molecule has 0 atom stereocenters. The van der Waals surface area contributed by atoms with Crippen LogP contribution >= 0.6 is 12.2 Å². The van der Waals surface area contributed by atoms with Crippen LogP contribution in [0, 0.1) is 12.7 Å². The number of aryl methyl sites for hydroxylation is 1. The van der Waals surface area contributed by atoms with Gasteiger partial charge in [0.15, 0.2) is 5.11 Å². The molecule has 3 aromatic rings. The lowest BCUT2D eigenvalue weighted by Gasteiger charge is -2.08. The average Bonchev–Trinajstić information content (AvgIpc) is 3.03. The minimum absolute atomic E-state index is 0.257. The Labute approximate surface area is 150 Å². The molecule has 0 bridgehead atoms. The van der Waals surface area contributed by atoms with Crippen molar-refractivity contribution in [3.05, 3.63) is 77.4 Å². The Morgan fingerprint density at radius 1 is 1.08 bits per heavy atom. The molecule has 5 nitrogen and oxygen atoms in total. The van der Waals surface area contributed by atoms with Gasteiger partial charge in [-0.25, -0.2) is 14.1 Å². The van der Waals surface area contributed by atoms with Crippen molar-refractivity contribution in [3.63, 3.8) is 0 Å². The zero-order chi connectivity index (χ0) is 17.6. The maximum atomic E-state index is 12.9. The number of halogens is 1. The summed E-state index contributed by atoms with van der Waals surface area (Å²) in [6.07, 6.45) is 1.66. The molecular formula is C18H18FN5S. The Kier molecular flexibility index (Phi) is 5.35. The largest absolute Gasteiger partial charge is 0.358 e. The summed E-state index contributed by atoms with van der Waals surface area (Å²) in [7, 11) is 0. The summed E-state index contributed by atoms with van der Waals surface area (Å²) in [5, 5.41) is 10.7. The topological polar surface area (TPSA) is 54.8 Å². The van der Waals surface area contributed by atoms with Crippen LogP contribution in [0.4, 0.5) is 10.3 Å². The Morgan fingerprint density at radius 3 is 2.48 bits per heavy atom. The number of aromatic nitrogens is 3. The first-order valence-corrected chi connectivity index (χ1v) is 8.23. The van der Waals surface area contributed by atoms with E-state index in [0.717, 1.165) is 11.1 Å². The van der Waals surface area contributed by atoms with Crippen LogP contribution < -0.4 is 10.6 Å². The van der Waals surface area contributed by atoms with Crippen molar-refractivity contribution < 1.29 is 4.39 Å². The van der Waals surface area contributed by atoms with Crippen LogP contribution in [0.15, 0.2) is 54.9 Å². The highest BCUT2D eigenvalue weighted by Crippen LogP contribution is 2.06. The van der Waals surface area contributed by atoms with Crippen LogP contribution in [-0.4, -0.2) is 19.9 Å². The predicted molar refractivity (Wildman–Crippen MR) is 99.8 cm³/mol. The van der Waals surface area contributed by atoms with E-state index in [9.17, 15) is 4.39 Å². The van der Waals surface area contributed by atoms with Crippen molar-refractivity contribution in [2.24, 2.45) is 0 Å². The number of nitrogens with one attached hydrogen (secondary N) is 2. The van der Waals surface area contributed by atoms with Gasteiger partial charge in [0.1, 0.15) is 12.1 Å². The van der Waals surface area contributed by atoms with E-state index < -0.39 is 0 Å². The molecule has 3 rings (SSSR count). The summed E-state index contributed by atoms with van der Waals surface area (Å²) >= 11 is 5.23. The standard InChI is InChI=1S/C18H18FN5S/c1-13-2-4-15(5-3-13)11-24-12-21-17(23-24)22-18(25)20-10-14-6-8-16(19)9-7-14/h2-9,12H,10-11H2,1H3,(H2,20,22,23,25). The minimum Gasteiger partial charge on any atom is -0.358 e. The molecule has 2 aromatic carbocycles. The molecule has 0 aliphatic rings. The third-order valence-electron chi connectivity index (χ3n) is 3.59. The number of thiocarbonyl (C=S) groups is 1. The fraction of sp³-hybridized carbons (Fsp3) is 0.167. The highest BCUT2D eigenvalue weighted by Gasteiger charge is 2.04. The maximum absolute atomic E-state index is 12.9. The zero-order valence-electron chi connectivity index (χ0n) is 13.7. The number of hydrogen-bond acceptors (Lipinski definition) is 3. The summed E-state index contributed by atoms with van der Waals surface area (Å²) in [6.45, 7) is 3.20. The third-order valence-corrected chi connectivity index (χ3v) is 3.84. The van der Waals surface area contributed by atoms with Crippen molar-refractivity contribution in [1.82, 2.24) is 20.1 Å². The quantitative estimate of drug-likeness (QED) is 0.688. The molecule has 0 unspecified atom stereocenters. The van der Waals surface area contributed by atoms with E-state index in [-0.39, 0.29) is 5.82 Å². The van der Waals surface area contributed by atoms with Gasteiger partial charge >= 0.3 is 0 Å². The van der Waals surface area contributed by atoms with E-state index in [1.807, 2.05) is 0 Å². The van der Waals surface area contributed by atoms with Crippen molar-refractivity contribution in [3.8, 4) is 0 Å². The van der Waals surface area contributed by atoms with Gasteiger partial charge in [-0.15, -0.1) is 5.10 Å². The summed E-state index contributed by atoms with van der Waals surface area (Å²) in [5.74, 6) is 0.177. The van der Waals surface area contributed by atoms with Gasteiger partial charge in [0.2, 0.25) is 5.95 Å². The molecule has 0 aliphatic heterocycles. The van der Waals surface area contributed by atoms with Gasteiger partial charge in [-0.1, -0.05) is 42.0 Å². The molecule has 2 N–H and O–H groups in total. The lowest BCUT2D eigenvalue weighted by Crippen LogP contribution is -2.28.